The Morgan fingerprint density at radius 3 is 2.55 bits per heavy atom. The monoisotopic (exact) mass is 454 g/mol. The number of carbonyl (C=O) groups excluding carboxylic acids is 1. The Kier molecular flexibility index (Phi) is 7.70. The Balaban J connectivity index is 1.25. The molecule has 0 bridgehead atoms. The number of benzene rings is 2. The highest BCUT2D eigenvalue weighted by Gasteiger charge is 2.23. The summed E-state index contributed by atoms with van der Waals surface area (Å²) in [4.78, 5) is 19.4. The molecule has 33 heavy (non-hydrogen) atoms. The highest BCUT2D eigenvalue weighted by molar-refractivity contribution is 5.74. The number of urea groups is 1. The van der Waals surface area contributed by atoms with E-state index in [0.717, 1.165) is 44.6 Å². The maximum atomic E-state index is 14.0. The van der Waals surface area contributed by atoms with E-state index in [4.69, 9.17) is 4.74 Å². The number of amides is 2. The maximum Gasteiger partial charge on any atom is 0.317 e. The molecular weight excluding hydrogens is 419 g/mol. The molecule has 2 saturated heterocycles. The summed E-state index contributed by atoms with van der Waals surface area (Å²) in [7, 11) is 3.34. The summed E-state index contributed by atoms with van der Waals surface area (Å²) < 4.78 is 19.0. The van der Waals surface area contributed by atoms with E-state index in [9.17, 15) is 9.18 Å². The Morgan fingerprint density at radius 2 is 1.85 bits per heavy atom. The first-order valence-electron chi connectivity index (χ1n) is 11.9. The predicted octanol–water partition coefficient (Wildman–Crippen LogP) is 4.24. The fourth-order valence-corrected chi connectivity index (χ4v) is 4.83. The lowest BCUT2D eigenvalue weighted by molar-refractivity contribution is 0.173. The Bertz CT molecular complexity index is 940. The van der Waals surface area contributed by atoms with Crippen molar-refractivity contribution in [2.24, 2.45) is 0 Å². The quantitative estimate of drug-likeness (QED) is 0.680. The number of likely N-dealkylation sites (tertiary alicyclic amines) is 1. The smallest absolute Gasteiger partial charge is 0.317 e. The number of hydrogen-bond donors (Lipinski definition) is 1. The van der Waals surface area contributed by atoms with Crippen LogP contribution in [0.4, 0.5) is 14.9 Å². The number of rotatable bonds is 7. The van der Waals surface area contributed by atoms with E-state index in [-0.39, 0.29) is 23.6 Å². The second kappa shape index (κ2) is 10.9. The van der Waals surface area contributed by atoms with E-state index in [1.54, 1.807) is 17.0 Å². The van der Waals surface area contributed by atoms with Crippen molar-refractivity contribution in [2.75, 3.05) is 45.2 Å². The molecule has 2 amide bonds. The van der Waals surface area contributed by atoms with Crippen molar-refractivity contribution in [1.29, 1.82) is 0 Å². The average Bonchev–Trinajstić information content (AvgIpc) is 3.36. The summed E-state index contributed by atoms with van der Waals surface area (Å²) in [6.07, 6.45) is 4.25. The van der Waals surface area contributed by atoms with Gasteiger partial charge in [0, 0.05) is 58.0 Å². The van der Waals surface area contributed by atoms with Crippen LogP contribution in [0.15, 0.2) is 42.5 Å². The number of piperidine rings is 1. The third-order valence-corrected chi connectivity index (χ3v) is 6.73. The second-order valence-corrected chi connectivity index (χ2v) is 9.15. The predicted molar refractivity (Wildman–Crippen MR) is 129 cm³/mol. The first-order chi connectivity index (χ1) is 16.0. The number of carbonyl (C=O) groups is 1. The van der Waals surface area contributed by atoms with Gasteiger partial charge in [0.2, 0.25) is 0 Å². The third-order valence-electron chi connectivity index (χ3n) is 6.73. The van der Waals surface area contributed by atoms with Crippen molar-refractivity contribution >= 4 is 11.7 Å². The number of nitrogens with one attached hydrogen (secondary N) is 1. The molecule has 2 fully saturated rings. The summed E-state index contributed by atoms with van der Waals surface area (Å²) in [6, 6.07) is 13.7. The van der Waals surface area contributed by atoms with Crippen molar-refractivity contribution in [3.63, 3.8) is 0 Å². The molecule has 2 aromatic rings. The third kappa shape index (κ3) is 5.96. The largest absolute Gasteiger partial charge is 0.494 e. The zero-order chi connectivity index (χ0) is 23.2. The van der Waals surface area contributed by atoms with Gasteiger partial charge in [-0.15, -0.1) is 0 Å². The molecule has 2 aliphatic heterocycles. The Morgan fingerprint density at radius 1 is 1.12 bits per heavy atom. The molecule has 0 atom stereocenters. The molecule has 0 radical (unpaired) electrons. The van der Waals surface area contributed by atoms with Gasteiger partial charge in [-0.2, -0.15) is 0 Å². The van der Waals surface area contributed by atoms with Crippen LogP contribution in [0.2, 0.25) is 0 Å². The minimum absolute atomic E-state index is 0.0260. The molecule has 1 N–H and O–H groups in total. The van der Waals surface area contributed by atoms with E-state index in [1.807, 2.05) is 19.2 Å². The van der Waals surface area contributed by atoms with Crippen LogP contribution in [0.25, 0.3) is 0 Å². The fourth-order valence-electron chi connectivity index (χ4n) is 4.83. The van der Waals surface area contributed by atoms with Gasteiger partial charge in [-0.05, 0) is 55.0 Å². The Labute approximate surface area is 196 Å². The molecule has 0 spiro atoms. The summed E-state index contributed by atoms with van der Waals surface area (Å²) in [6.45, 7) is 5.23. The summed E-state index contributed by atoms with van der Waals surface area (Å²) >= 11 is 0. The van der Waals surface area contributed by atoms with Gasteiger partial charge in [-0.1, -0.05) is 24.3 Å². The Hall–Kier alpha value is -2.80. The number of halogens is 1. The minimum Gasteiger partial charge on any atom is -0.494 e. The van der Waals surface area contributed by atoms with Gasteiger partial charge in [0.15, 0.2) is 11.6 Å². The van der Waals surface area contributed by atoms with E-state index in [2.05, 4.69) is 33.3 Å². The van der Waals surface area contributed by atoms with Gasteiger partial charge in [-0.25, -0.2) is 9.18 Å². The van der Waals surface area contributed by atoms with Gasteiger partial charge < -0.3 is 19.9 Å². The molecule has 178 valence electrons. The van der Waals surface area contributed by atoms with Crippen LogP contribution < -0.4 is 15.0 Å². The lowest BCUT2D eigenvalue weighted by atomic mass is 10.0. The number of methoxy groups -OCH3 is 1. The number of para-hydroxylation sites is 1. The highest BCUT2D eigenvalue weighted by Crippen LogP contribution is 2.25. The molecular formula is C26H35FN4O2. The van der Waals surface area contributed by atoms with E-state index in [0.29, 0.717) is 13.1 Å². The van der Waals surface area contributed by atoms with Gasteiger partial charge in [0.05, 0.1) is 7.11 Å². The molecule has 0 unspecified atom stereocenters. The second-order valence-electron chi connectivity index (χ2n) is 9.15. The lowest BCUT2D eigenvalue weighted by Crippen LogP contribution is -2.48. The van der Waals surface area contributed by atoms with Crippen molar-refractivity contribution in [3.8, 4) is 5.75 Å². The lowest BCUT2D eigenvalue weighted by Gasteiger charge is -2.33. The standard InChI is InChI=1S/C26H35FN4O2/c1-29(19-21-7-3-4-8-24(21)31-13-5-6-14-31)26(32)28-22-11-15-30(16-12-22)18-20-9-10-25(33-2)23(27)17-20/h3-4,7-10,17,22H,5-6,11-16,18-19H2,1-2H3,(H,28,32). The molecule has 2 heterocycles. The van der Waals surface area contributed by atoms with Crippen molar-refractivity contribution in [3.05, 3.63) is 59.4 Å². The molecule has 0 aromatic heterocycles. The van der Waals surface area contributed by atoms with E-state index in [1.165, 1.54) is 31.2 Å². The van der Waals surface area contributed by atoms with Crippen molar-refractivity contribution in [1.82, 2.24) is 15.1 Å². The van der Waals surface area contributed by atoms with Gasteiger partial charge in [0.25, 0.3) is 0 Å². The van der Waals surface area contributed by atoms with Crippen molar-refractivity contribution < 1.29 is 13.9 Å². The first kappa shape index (κ1) is 23.4. The molecule has 2 aromatic carbocycles. The topological polar surface area (TPSA) is 48.1 Å². The molecule has 0 aliphatic carbocycles. The van der Waals surface area contributed by atoms with Crippen LogP contribution in [0, 0.1) is 5.82 Å². The molecule has 7 heteroatoms. The van der Waals surface area contributed by atoms with Gasteiger partial charge in [-0.3, -0.25) is 4.90 Å². The summed E-state index contributed by atoms with van der Waals surface area (Å²) in [5, 5.41) is 3.21. The van der Waals surface area contributed by atoms with Crippen LogP contribution >= 0.6 is 0 Å². The van der Waals surface area contributed by atoms with Crippen LogP contribution in [0.3, 0.4) is 0 Å². The number of ether oxygens (including phenoxy) is 1. The maximum absolute atomic E-state index is 14.0. The van der Waals surface area contributed by atoms with E-state index < -0.39 is 0 Å². The summed E-state index contributed by atoms with van der Waals surface area (Å²) in [5.74, 6) is -0.0566. The fraction of sp³-hybridized carbons (Fsp3) is 0.500. The number of hydrogen-bond acceptors (Lipinski definition) is 4. The van der Waals surface area contributed by atoms with Gasteiger partial charge in [0.1, 0.15) is 0 Å². The van der Waals surface area contributed by atoms with Gasteiger partial charge >= 0.3 is 6.03 Å². The first-order valence-corrected chi connectivity index (χ1v) is 11.9. The minimum atomic E-state index is -0.327. The van der Waals surface area contributed by atoms with E-state index >= 15 is 0 Å². The zero-order valence-corrected chi connectivity index (χ0v) is 19.7. The SMILES string of the molecule is COc1ccc(CN2CCC(NC(=O)N(C)Cc3ccccc3N3CCCC3)CC2)cc1F. The average molecular weight is 455 g/mol. The molecule has 2 aliphatic rings. The number of nitrogens with zero attached hydrogens (tertiary/aromatic N) is 3. The molecule has 0 saturated carbocycles. The van der Waals surface area contributed by atoms with Crippen LogP contribution in [-0.2, 0) is 13.1 Å². The van der Waals surface area contributed by atoms with Crippen LogP contribution in [0.5, 0.6) is 5.75 Å². The highest BCUT2D eigenvalue weighted by atomic mass is 19.1. The van der Waals surface area contributed by atoms with Crippen LogP contribution in [-0.4, -0.2) is 62.2 Å². The van der Waals surface area contributed by atoms with Crippen LogP contribution in [0.1, 0.15) is 36.8 Å². The number of anilines is 1. The zero-order valence-electron chi connectivity index (χ0n) is 19.7. The molecule has 4 rings (SSSR count). The molecule has 6 nitrogen and oxygen atoms in total. The van der Waals surface area contributed by atoms with Crippen molar-refractivity contribution in [2.45, 2.75) is 44.8 Å². The normalized spacial score (nSPS) is 17.2. The summed E-state index contributed by atoms with van der Waals surface area (Å²) in [5.41, 5.74) is 3.38.